The minimum atomic E-state index is -1.12. The van der Waals surface area contributed by atoms with Gasteiger partial charge in [-0.2, -0.15) is 0 Å². The van der Waals surface area contributed by atoms with Gasteiger partial charge in [-0.3, -0.25) is 0 Å². The number of amides is 1. The lowest BCUT2D eigenvalue weighted by Gasteiger charge is -2.38. The van der Waals surface area contributed by atoms with Crippen molar-refractivity contribution in [3.63, 3.8) is 0 Å². The molecule has 2 atom stereocenters. The predicted molar refractivity (Wildman–Crippen MR) is 113 cm³/mol. The normalized spacial score (nSPS) is 26.2. The van der Waals surface area contributed by atoms with Crippen LogP contribution in [0.25, 0.3) is 0 Å². The van der Waals surface area contributed by atoms with Gasteiger partial charge < -0.3 is 33.9 Å². The van der Waals surface area contributed by atoms with E-state index >= 15 is 0 Å². The van der Waals surface area contributed by atoms with E-state index in [4.69, 9.17) is 23.7 Å². The average Bonchev–Trinajstić information content (AvgIpc) is 2.68. The zero-order valence-electron chi connectivity index (χ0n) is 19.9. The molecule has 10 heteroatoms. The molecule has 2 fully saturated rings. The number of hydrogen-bond donors (Lipinski definition) is 1. The fraction of sp³-hybridized carbons (Fsp3) is 0.857. The molecular weight excluding hydrogens is 408 g/mol. The quantitative estimate of drug-likeness (QED) is 0.507. The van der Waals surface area contributed by atoms with Crippen molar-refractivity contribution in [2.24, 2.45) is 0 Å². The van der Waals surface area contributed by atoms with Crippen LogP contribution in [0.5, 0.6) is 0 Å². The second-order valence-corrected chi connectivity index (χ2v) is 8.68. The summed E-state index contributed by atoms with van der Waals surface area (Å²) in [5.41, 5.74) is -2.46. The Labute approximate surface area is 184 Å². The summed E-state index contributed by atoms with van der Waals surface area (Å²) in [6.07, 6.45) is -0.439. The summed E-state index contributed by atoms with van der Waals surface area (Å²) in [7, 11) is 0. The fourth-order valence-electron chi connectivity index (χ4n) is 2.90. The molecule has 31 heavy (non-hydrogen) atoms. The number of nitrogens with zero attached hydrogens (tertiary/aromatic N) is 1. The molecule has 2 saturated heterocycles. The van der Waals surface area contributed by atoms with Gasteiger partial charge in [-0.1, -0.05) is 0 Å². The first-order valence-corrected chi connectivity index (χ1v) is 10.7. The van der Waals surface area contributed by atoms with Crippen molar-refractivity contribution >= 4 is 18.0 Å². The van der Waals surface area contributed by atoms with E-state index in [1.807, 2.05) is 0 Å². The minimum Gasteiger partial charge on any atom is -0.464 e. The van der Waals surface area contributed by atoms with Crippen molar-refractivity contribution < 1.29 is 38.1 Å². The second-order valence-electron chi connectivity index (χ2n) is 8.68. The Balaban J connectivity index is 0.000000343. The van der Waals surface area contributed by atoms with Crippen LogP contribution in [0.1, 0.15) is 48.5 Å². The molecule has 0 aromatic rings. The monoisotopic (exact) mass is 446 g/mol. The van der Waals surface area contributed by atoms with Gasteiger partial charge in [-0.15, -0.1) is 0 Å². The largest absolute Gasteiger partial charge is 0.464 e. The van der Waals surface area contributed by atoms with Crippen LogP contribution in [0.15, 0.2) is 0 Å². The number of carbonyl (C=O) groups is 3. The Morgan fingerprint density at radius 2 is 1.52 bits per heavy atom. The molecule has 180 valence electrons. The van der Waals surface area contributed by atoms with Crippen LogP contribution in [0, 0.1) is 0 Å². The fourth-order valence-corrected chi connectivity index (χ4v) is 2.90. The first-order valence-electron chi connectivity index (χ1n) is 10.7. The molecule has 2 heterocycles. The zero-order valence-corrected chi connectivity index (χ0v) is 19.9. The van der Waals surface area contributed by atoms with Gasteiger partial charge in [-0.05, 0) is 48.5 Å². The molecule has 2 aliphatic heterocycles. The van der Waals surface area contributed by atoms with Crippen LogP contribution in [0.2, 0.25) is 0 Å². The molecule has 1 amide bonds. The van der Waals surface area contributed by atoms with Crippen molar-refractivity contribution in [3.05, 3.63) is 0 Å². The molecule has 0 saturated carbocycles. The standard InChI is InChI=1S/C13H23NO5.C8H15NO3/c1-6-17-10(15)13(5)9-14(7-8-18-13)11(16)19-12(2,3)4;1-3-11-7(10)8(2)6-9-4-5-12-8/h6-9H2,1-5H3;9H,3-6H2,1-2H3. The van der Waals surface area contributed by atoms with Crippen LogP contribution in [0.4, 0.5) is 4.79 Å². The van der Waals surface area contributed by atoms with Crippen molar-refractivity contribution in [1.82, 2.24) is 10.2 Å². The van der Waals surface area contributed by atoms with Gasteiger partial charge in [0.2, 0.25) is 0 Å². The summed E-state index contributed by atoms with van der Waals surface area (Å²) < 4.78 is 25.9. The predicted octanol–water partition coefficient (Wildman–Crippen LogP) is 1.50. The van der Waals surface area contributed by atoms with Gasteiger partial charge in [0.05, 0.1) is 33.0 Å². The van der Waals surface area contributed by atoms with Crippen LogP contribution in [0.3, 0.4) is 0 Å². The maximum Gasteiger partial charge on any atom is 0.410 e. The highest BCUT2D eigenvalue weighted by Gasteiger charge is 2.43. The molecule has 1 N–H and O–H groups in total. The van der Waals surface area contributed by atoms with Gasteiger partial charge in [0.1, 0.15) is 5.60 Å². The van der Waals surface area contributed by atoms with Crippen LogP contribution >= 0.6 is 0 Å². The van der Waals surface area contributed by atoms with E-state index in [2.05, 4.69) is 5.32 Å². The van der Waals surface area contributed by atoms with Gasteiger partial charge in [0.25, 0.3) is 0 Å². The second kappa shape index (κ2) is 11.6. The molecule has 0 radical (unpaired) electrons. The van der Waals surface area contributed by atoms with Gasteiger partial charge in [0.15, 0.2) is 11.2 Å². The lowest BCUT2D eigenvalue weighted by atomic mass is 10.1. The summed E-state index contributed by atoms with van der Waals surface area (Å²) in [6, 6.07) is 0. The van der Waals surface area contributed by atoms with Crippen LogP contribution in [-0.4, -0.2) is 92.3 Å². The summed E-state index contributed by atoms with van der Waals surface area (Å²) in [4.78, 5) is 36.6. The number of esters is 2. The van der Waals surface area contributed by atoms with E-state index in [9.17, 15) is 14.4 Å². The third-order valence-electron chi connectivity index (χ3n) is 4.50. The van der Waals surface area contributed by atoms with E-state index in [-0.39, 0.29) is 25.7 Å². The molecule has 2 unspecified atom stereocenters. The van der Waals surface area contributed by atoms with Crippen LogP contribution in [-0.2, 0) is 33.3 Å². The number of carbonyl (C=O) groups excluding carboxylic acids is 3. The summed E-state index contributed by atoms with van der Waals surface area (Å²) in [5, 5.41) is 3.09. The minimum absolute atomic E-state index is 0.140. The SMILES string of the molecule is CCOC(=O)C1(C)CN(C(=O)OC(C)(C)C)CCO1.CCOC(=O)C1(C)CNCCO1. The zero-order chi connectivity index (χ0) is 23.7. The molecule has 0 aliphatic carbocycles. The highest BCUT2D eigenvalue weighted by molar-refractivity contribution is 5.81. The number of hydrogen-bond acceptors (Lipinski definition) is 9. The van der Waals surface area contributed by atoms with Crippen molar-refractivity contribution in [1.29, 1.82) is 0 Å². The van der Waals surface area contributed by atoms with E-state index in [1.54, 1.807) is 48.5 Å². The van der Waals surface area contributed by atoms with Crippen LogP contribution < -0.4 is 5.32 Å². The van der Waals surface area contributed by atoms with Gasteiger partial charge in [-0.25, -0.2) is 14.4 Å². The van der Waals surface area contributed by atoms with Gasteiger partial charge >= 0.3 is 18.0 Å². The third-order valence-corrected chi connectivity index (χ3v) is 4.50. The molecule has 0 aromatic heterocycles. The van der Waals surface area contributed by atoms with Gasteiger partial charge in [0, 0.05) is 19.6 Å². The molecule has 0 spiro atoms. The lowest BCUT2D eigenvalue weighted by molar-refractivity contribution is -0.179. The van der Waals surface area contributed by atoms with Crippen molar-refractivity contribution in [2.45, 2.75) is 65.3 Å². The van der Waals surface area contributed by atoms with E-state index in [1.165, 1.54) is 4.90 Å². The number of nitrogens with one attached hydrogen (secondary N) is 1. The third kappa shape index (κ3) is 8.62. The Morgan fingerprint density at radius 1 is 0.968 bits per heavy atom. The van der Waals surface area contributed by atoms with E-state index in [0.29, 0.717) is 26.3 Å². The number of ether oxygens (including phenoxy) is 5. The van der Waals surface area contributed by atoms with E-state index < -0.39 is 28.9 Å². The molecular formula is C21H38N2O8. The van der Waals surface area contributed by atoms with E-state index in [0.717, 1.165) is 6.54 Å². The molecule has 0 bridgehead atoms. The maximum absolute atomic E-state index is 12.0. The topological polar surface area (TPSA) is 113 Å². The Kier molecular flexibility index (Phi) is 10.2. The maximum atomic E-state index is 12.0. The molecule has 0 aromatic carbocycles. The summed E-state index contributed by atoms with van der Waals surface area (Å²) in [5.74, 6) is -0.736. The highest BCUT2D eigenvalue weighted by atomic mass is 16.6. The highest BCUT2D eigenvalue weighted by Crippen LogP contribution is 2.21. The first-order chi connectivity index (χ1) is 14.4. The smallest absolute Gasteiger partial charge is 0.410 e. The van der Waals surface area contributed by atoms with Crippen molar-refractivity contribution in [2.75, 3.05) is 52.6 Å². The first kappa shape index (κ1) is 27.1. The Morgan fingerprint density at radius 3 is 2.00 bits per heavy atom. The Bertz CT molecular complexity index is 613. The molecule has 2 rings (SSSR count). The Hall–Kier alpha value is -1.91. The summed E-state index contributed by atoms with van der Waals surface area (Å²) >= 11 is 0. The summed E-state index contributed by atoms with van der Waals surface area (Å²) in [6.45, 7) is 15.7. The van der Waals surface area contributed by atoms with Crippen molar-refractivity contribution in [3.8, 4) is 0 Å². The average molecular weight is 447 g/mol. The molecule has 2 aliphatic rings. The number of rotatable bonds is 4. The number of morpholine rings is 2. The molecule has 10 nitrogen and oxygen atoms in total. The lowest BCUT2D eigenvalue weighted by Crippen LogP contribution is -2.57.